The summed E-state index contributed by atoms with van der Waals surface area (Å²) in [4.78, 5) is 37.0. The predicted molar refractivity (Wildman–Crippen MR) is 133 cm³/mol. The minimum Gasteiger partial charge on any atom is -0.481 e. The number of carbonyl (C=O) groups excluding carboxylic acids is 2. The minimum absolute atomic E-state index is 0.0237. The lowest BCUT2D eigenvalue weighted by Crippen LogP contribution is -2.50. The third kappa shape index (κ3) is 5.84. The molecule has 3 atom stereocenters. The molecule has 0 radical (unpaired) electrons. The molecule has 0 aliphatic heterocycles. The Balaban J connectivity index is 1.37. The van der Waals surface area contributed by atoms with Gasteiger partial charge >= 0.3 is 12.1 Å². The number of aliphatic carboxylic acids is 1. The van der Waals surface area contributed by atoms with Crippen LogP contribution in [0.5, 0.6) is 0 Å². The summed E-state index contributed by atoms with van der Waals surface area (Å²) < 4.78 is 5.68. The monoisotopic (exact) mass is 478 g/mol. The lowest BCUT2D eigenvalue weighted by molar-refractivity contribution is -0.138. The van der Waals surface area contributed by atoms with Gasteiger partial charge in [-0.1, -0.05) is 74.7 Å². The highest BCUT2D eigenvalue weighted by Gasteiger charge is 2.34. The number of fused-ring (bicyclic) bond motifs is 3. The summed E-state index contributed by atoms with van der Waals surface area (Å²) in [5, 5.41) is 15.0. The Morgan fingerprint density at radius 1 is 1.00 bits per heavy atom. The maximum Gasteiger partial charge on any atom is 0.407 e. The van der Waals surface area contributed by atoms with Crippen LogP contribution in [0.2, 0.25) is 0 Å². The van der Waals surface area contributed by atoms with Crippen molar-refractivity contribution in [2.45, 2.75) is 69.9 Å². The molecule has 1 saturated carbocycles. The smallest absolute Gasteiger partial charge is 0.407 e. The number of alkyl carbamates (subject to hydrolysis) is 1. The van der Waals surface area contributed by atoms with Crippen LogP contribution in [0.1, 0.15) is 68.9 Å². The quantitative estimate of drug-likeness (QED) is 0.478. The van der Waals surface area contributed by atoms with Crippen molar-refractivity contribution >= 4 is 18.0 Å². The van der Waals surface area contributed by atoms with Gasteiger partial charge in [-0.2, -0.15) is 0 Å². The summed E-state index contributed by atoms with van der Waals surface area (Å²) in [6.07, 6.45) is 3.94. The molecule has 2 aromatic rings. The zero-order chi connectivity index (χ0) is 24.8. The molecule has 2 aliphatic carbocycles. The first kappa shape index (κ1) is 24.8. The van der Waals surface area contributed by atoms with Gasteiger partial charge < -0.3 is 20.5 Å². The molecule has 4 rings (SSSR count). The number of carboxylic acids is 1. The standard InChI is InChI=1S/C28H34N2O5/c1-2-9-18(16-26(31)32)29-27(33)23-14-7-8-15-25(23)30-28(34)35-17-24-21-12-5-3-10-19(21)20-11-4-6-13-22(20)24/h3-6,10-13,18,23-25H,2,7-9,14-17H2,1H3,(H,29,33)(H,30,34)(H,31,32)/t18-,23+,25-/m1/s1. The van der Waals surface area contributed by atoms with Crippen LogP contribution < -0.4 is 10.6 Å². The molecule has 0 heterocycles. The Morgan fingerprint density at radius 2 is 1.63 bits per heavy atom. The van der Waals surface area contributed by atoms with Gasteiger partial charge in [0.25, 0.3) is 0 Å². The largest absolute Gasteiger partial charge is 0.481 e. The number of ether oxygens (including phenoxy) is 1. The molecule has 7 heteroatoms. The Bertz CT molecular complexity index is 1020. The Labute approximate surface area is 206 Å². The molecule has 1 fully saturated rings. The number of carbonyl (C=O) groups is 3. The Morgan fingerprint density at radius 3 is 2.26 bits per heavy atom. The molecule has 0 saturated heterocycles. The molecule has 2 aliphatic rings. The Hall–Kier alpha value is -3.35. The second-order valence-electron chi connectivity index (χ2n) is 9.56. The van der Waals surface area contributed by atoms with Crippen LogP contribution >= 0.6 is 0 Å². The second kappa shape index (κ2) is 11.4. The highest BCUT2D eigenvalue weighted by atomic mass is 16.5. The highest BCUT2D eigenvalue weighted by Crippen LogP contribution is 2.44. The van der Waals surface area contributed by atoms with E-state index >= 15 is 0 Å². The maximum atomic E-state index is 13.0. The van der Waals surface area contributed by atoms with E-state index in [1.807, 2.05) is 31.2 Å². The van der Waals surface area contributed by atoms with Crippen LogP contribution in [0, 0.1) is 5.92 Å². The van der Waals surface area contributed by atoms with Crippen molar-refractivity contribution in [2.75, 3.05) is 6.61 Å². The van der Waals surface area contributed by atoms with E-state index in [4.69, 9.17) is 9.84 Å². The molecule has 0 spiro atoms. The van der Waals surface area contributed by atoms with Crippen molar-refractivity contribution in [3.05, 3.63) is 59.7 Å². The van der Waals surface area contributed by atoms with Crippen molar-refractivity contribution < 1.29 is 24.2 Å². The molecule has 3 N–H and O–H groups in total. The topological polar surface area (TPSA) is 105 Å². The van der Waals surface area contributed by atoms with Gasteiger partial charge in [0.1, 0.15) is 6.61 Å². The van der Waals surface area contributed by atoms with Gasteiger partial charge in [0.15, 0.2) is 0 Å². The summed E-state index contributed by atoms with van der Waals surface area (Å²) >= 11 is 0. The minimum atomic E-state index is -0.930. The van der Waals surface area contributed by atoms with Crippen LogP contribution in [0.15, 0.2) is 48.5 Å². The number of nitrogens with one attached hydrogen (secondary N) is 2. The molecule has 186 valence electrons. The van der Waals surface area contributed by atoms with E-state index in [1.165, 1.54) is 11.1 Å². The predicted octanol–water partition coefficient (Wildman–Crippen LogP) is 4.84. The van der Waals surface area contributed by atoms with Crippen molar-refractivity contribution in [1.29, 1.82) is 0 Å². The first-order valence-electron chi connectivity index (χ1n) is 12.6. The van der Waals surface area contributed by atoms with Crippen LogP contribution in [-0.2, 0) is 14.3 Å². The zero-order valence-corrected chi connectivity index (χ0v) is 20.2. The van der Waals surface area contributed by atoms with Crippen molar-refractivity contribution in [3.63, 3.8) is 0 Å². The van der Waals surface area contributed by atoms with E-state index < -0.39 is 24.0 Å². The van der Waals surface area contributed by atoms with Crippen molar-refractivity contribution in [2.24, 2.45) is 5.92 Å². The van der Waals surface area contributed by atoms with E-state index in [0.717, 1.165) is 30.4 Å². The summed E-state index contributed by atoms with van der Waals surface area (Å²) in [6.45, 7) is 2.18. The van der Waals surface area contributed by atoms with Gasteiger partial charge in [-0.3, -0.25) is 9.59 Å². The van der Waals surface area contributed by atoms with E-state index in [1.54, 1.807) is 0 Å². The Kier molecular flexibility index (Phi) is 8.06. The van der Waals surface area contributed by atoms with Crippen LogP contribution in [0.3, 0.4) is 0 Å². The summed E-state index contributed by atoms with van der Waals surface area (Å²) in [5.74, 6) is -1.53. The van der Waals surface area contributed by atoms with E-state index in [9.17, 15) is 14.4 Å². The number of amides is 2. The third-order valence-corrected chi connectivity index (χ3v) is 7.15. The number of benzene rings is 2. The van der Waals surface area contributed by atoms with Crippen LogP contribution in [0.4, 0.5) is 4.79 Å². The van der Waals surface area contributed by atoms with Gasteiger partial charge in [0.05, 0.1) is 12.3 Å². The van der Waals surface area contributed by atoms with E-state index in [2.05, 4.69) is 34.9 Å². The van der Waals surface area contributed by atoms with Crippen molar-refractivity contribution in [3.8, 4) is 11.1 Å². The second-order valence-corrected chi connectivity index (χ2v) is 9.56. The molecular weight excluding hydrogens is 444 g/mol. The maximum absolute atomic E-state index is 13.0. The molecule has 2 aromatic carbocycles. The lowest BCUT2D eigenvalue weighted by Gasteiger charge is -2.32. The average molecular weight is 479 g/mol. The number of rotatable bonds is 9. The highest BCUT2D eigenvalue weighted by molar-refractivity contribution is 5.82. The summed E-state index contributed by atoms with van der Waals surface area (Å²) in [6, 6.07) is 15.6. The van der Waals surface area contributed by atoms with Gasteiger partial charge in [0, 0.05) is 18.0 Å². The summed E-state index contributed by atoms with van der Waals surface area (Å²) in [7, 11) is 0. The molecule has 0 unspecified atom stereocenters. The SMILES string of the molecule is CCC[C@H](CC(=O)O)NC(=O)[C@H]1CCCC[C@H]1NC(=O)OCC1c2ccccc2-c2ccccc21. The molecular formula is C28H34N2O5. The lowest BCUT2D eigenvalue weighted by atomic mass is 9.83. The molecule has 7 nitrogen and oxygen atoms in total. The number of hydrogen-bond acceptors (Lipinski definition) is 4. The van der Waals surface area contributed by atoms with Crippen molar-refractivity contribution in [1.82, 2.24) is 10.6 Å². The third-order valence-electron chi connectivity index (χ3n) is 7.15. The fraction of sp³-hybridized carbons (Fsp3) is 0.464. The number of carboxylic acid groups (broad SMARTS) is 1. The van der Waals surface area contributed by atoms with E-state index in [0.29, 0.717) is 19.3 Å². The average Bonchev–Trinajstić information content (AvgIpc) is 3.16. The first-order valence-corrected chi connectivity index (χ1v) is 12.6. The molecule has 0 aromatic heterocycles. The zero-order valence-electron chi connectivity index (χ0n) is 20.2. The van der Waals surface area contributed by atoms with Crippen LogP contribution in [0.25, 0.3) is 11.1 Å². The molecule has 2 amide bonds. The van der Waals surface area contributed by atoms with Gasteiger partial charge in [-0.05, 0) is 41.5 Å². The van der Waals surface area contributed by atoms with Gasteiger partial charge in [0.2, 0.25) is 5.91 Å². The van der Waals surface area contributed by atoms with Gasteiger partial charge in [-0.25, -0.2) is 4.79 Å². The summed E-state index contributed by atoms with van der Waals surface area (Å²) in [5.41, 5.74) is 4.64. The van der Waals surface area contributed by atoms with Gasteiger partial charge in [-0.15, -0.1) is 0 Å². The first-order chi connectivity index (χ1) is 17.0. The normalized spacial score (nSPS) is 19.8. The van der Waals surface area contributed by atoms with E-state index in [-0.39, 0.29) is 30.9 Å². The van der Waals surface area contributed by atoms with Crippen LogP contribution in [-0.4, -0.2) is 41.8 Å². The molecule has 35 heavy (non-hydrogen) atoms. The fourth-order valence-electron chi connectivity index (χ4n) is 5.50. The number of hydrogen-bond donors (Lipinski definition) is 3. The fourth-order valence-corrected chi connectivity index (χ4v) is 5.50. The molecule has 0 bridgehead atoms.